The third kappa shape index (κ3) is 6.57. The standard InChI is InChI=1S/C15H25NO3/c1-13(16-2)14-5-7-15(8-6-14)19-10-4-9-18-12-11-17-3/h5-8,13,16H,4,9-12H2,1-3H3. The Morgan fingerprint density at radius 2 is 1.79 bits per heavy atom. The molecule has 4 heteroatoms. The smallest absolute Gasteiger partial charge is 0.119 e. The molecule has 1 rings (SSSR count). The van der Waals surface area contributed by atoms with Gasteiger partial charge in [-0.2, -0.15) is 0 Å². The Hall–Kier alpha value is -1.10. The van der Waals surface area contributed by atoms with Gasteiger partial charge in [0.05, 0.1) is 19.8 Å². The van der Waals surface area contributed by atoms with Gasteiger partial charge < -0.3 is 19.5 Å². The molecule has 0 saturated heterocycles. The highest BCUT2D eigenvalue weighted by Gasteiger charge is 2.02. The van der Waals surface area contributed by atoms with Gasteiger partial charge in [-0.1, -0.05) is 12.1 Å². The van der Waals surface area contributed by atoms with Gasteiger partial charge in [0.15, 0.2) is 0 Å². The highest BCUT2D eigenvalue weighted by atomic mass is 16.5. The molecule has 0 heterocycles. The molecule has 1 aromatic rings. The van der Waals surface area contributed by atoms with Crippen molar-refractivity contribution in [2.24, 2.45) is 0 Å². The van der Waals surface area contributed by atoms with E-state index in [1.807, 2.05) is 19.2 Å². The molecule has 0 saturated carbocycles. The summed E-state index contributed by atoms with van der Waals surface area (Å²) in [6, 6.07) is 8.56. The fourth-order valence-electron chi connectivity index (χ4n) is 1.61. The minimum Gasteiger partial charge on any atom is -0.494 e. The predicted octanol–water partition coefficient (Wildman–Crippen LogP) is 2.40. The van der Waals surface area contributed by atoms with E-state index in [4.69, 9.17) is 14.2 Å². The maximum atomic E-state index is 5.65. The molecule has 0 bridgehead atoms. The lowest BCUT2D eigenvalue weighted by atomic mass is 10.1. The van der Waals surface area contributed by atoms with Crippen LogP contribution in [0.25, 0.3) is 0 Å². The summed E-state index contributed by atoms with van der Waals surface area (Å²) in [5.41, 5.74) is 1.26. The van der Waals surface area contributed by atoms with Crippen LogP contribution in [0.2, 0.25) is 0 Å². The van der Waals surface area contributed by atoms with Crippen LogP contribution in [0, 0.1) is 0 Å². The lowest BCUT2D eigenvalue weighted by molar-refractivity contribution is 0.0644. The summed E-state index contributed by atoms with van der Waals surface area (Å²) in [5.74, 6) is 0.906. The fraction of sp³-hybridized carbons (Fsp3) is 0.600. The molecule has 0 aromatic heterocycles. The number of ether oxygens (including phenoxy) is 3. The molecule has 1 atom stereocenters. The van der Waals surface area contributed by atoms with E-state index in [2.05, 4.69) is 24.4 Å². The molecule has 108 valence electrons. The minimum absolute atomic E-state index is 0.364. The molecular formula is C15H25NO3. The zero-order valence-corrected chi connectivity index (χ0v) is 12.1. The first-order valence-electron chi connectivity index (χ1n) is 6.74. The lowest BCUT2D eigenvalue weighted by Crippen LogP contribution is -2.12. The second-order valence-corrected chi connectivity index (χ2v) is 4.39. The van der Waals surface area contributed by atoms with Crippen molar-refractivity contribution >= 4 is 0 Å². The third-order valence-corrected chi connectivity index (χ3v) is 2.95. The number of hydrogen-bond acceptors (Lipinski definition) is 4. The molecule has 19 heavy (non-hydrogen) atoms. The fourth-order valence-corrected chi connectivity index (χ4v) is 1.61. The van der Waals surface area contributed by atoms with Crippen LogP contribution in [-0.2, 0) is 9.47 Å². The van der Waals surface area contributed by atoms with Gasteiger partial charge >= 0.3 is 0 Å². The van der Waals surface area contributed by atoms with Gasteiger partial charge in [-0.25, -0.2) is 0 Å². The van der Waals surface area contributed by atoms with Crippen molar-refractivity contribution in [2.75, 3.05) is 40.6 Å². The summed E-state index contributed by atoms with van der Waals surface area (Å²) in [4.78, 5) is 0. The number of benzene rings is 1. The largest absolute Gasteiger partial charge is 0.494 e. The third-order valence-electron chi connectivity index (χ3n) is 2.95. The summed E-state index contributed by atoms with van der Waals surface area (Å²) < 4.78 is 15.9. The lowest BCUT2D eigenvalue weighted by Gasteiger charge is -2.11. The molecular weight excluding hydrogens is 242 g/mol. The molecule has 0 spiro atoms. The zero-order valence-electron chi connectivity index (χ0n) is 12.1. The topological polar surface area (TPSA) is 39.7 Å². The van der Waals surface area contributed by atoms with Gasteiger partial charge in [0.25, 0.3) is 0 Å². The first-order chi connectivity index (χ1) is 9.27. The van der Waals surface area contributed by atoms with Crippen molar-refractivity contribution in [1.82, 2.24) is 5.32 Å². The second kappa shape index (κ2) is 9.78. The number of hydrogen-bond donors (Lipinski definition) is 1. The highest BCUT2D eigenvalue weighted by Crippen LogP contribution is 2.17. The van der Waals surface area contributed by atoms with Crippen LogP contribution in [0.4, 0.5) is 0 Å². The molecule has 1 N–H and O–H groups in total. The summed E-state index contributed by atoms with van der Waals surface area (Å²) >= 11 is 0. The average Bonchev–Trinajstić information content (AvgIpc) is 2.46. The monoisotopic (exact) mass is 267 g/mol. The van der Waals surface area contributed by atoms with Crippen LogP contribution in [0.5, 0.6) is 5.75 Å². The van der Waals surface area contributed by atoms with E-state index in [-0.39, 0.29) is 0 Å². The van der Waals surface area contributed by atoms with E-state index in [9.17, 15) is 0 Å². The maximum absolute atomic E-state index is 5.65. The number of methoxy groups -OCH3 is 1. The molecule has 0 radical (unpaired) electrons. The van der Waals surface area contributed by atoms with E-state index < -0.39 is 0 Å². The van der Waals surface area contributed by atoms with E-state index in [0.717, 1.165) is 12.2 Å². The average molecular weight is 267 g/mol. The van der Waals surface area contributed by atoms with Crippen molar-refractivity contribution in [2.45, 2.75) is 19.4 Å². The second-order valence-electron chi connectivity index (χ2n) is 4.39. The van der Waals surface area contributed by atoms with Gasteiger partial charge in [-0.05, 0) is 31.7 Å². The van der Waals surface area contributed by atoms with E-state index in [1.165, 1.54) is 5.56 Å². The van der Waals surface area contributed by atoms with Gasteiger partial charge in [-0.15, -0.1) is 0 Å². The summed E-state index contributed by atoms with van der Waals surface area (Å²) in [6.45, 7) is 4.80. The van der Waals surface area contributed by atoms with Gasteiger partial charge in [0, 0.05) is 26.2 Å². The SMILES string of the molecule is CNC(C)c1ccc(OCCCOCCOC)cc1. The van der Waals surface area contributed by atoms with Crippen molar-refractivity contribution in [3.05, 3.63) is 29.8 Å². The first kappa shape index (κ1) is 16.0. The van der Waals surface area contributed by atoms with E-state index >= 15 is 0 Å². The quantitative estimate of drug-likeness (QED) is 0.661. The Morgan fingerprint density at radius 1 is 1.05 bits per heavy atom. The Balaban J connectivity index is 2.16. The van der Waals surface area contributed by atoms with Crippen LogP contribution in [-0.4, -0.2) is 40.6 Å². The van der Waals surface area contributed by atoms with Crippen molar-refractivity contribution in [3.63, 3.8) is 0 Å². The van der Waals surface area contributed by atoms with Crippen LogP contribution < -0.4 is 10.1 Å². The molecule has 0 aliphatic rings. The molecule has 0 aliphatic heterocycles. The normalized spacial score (nSPS) is 12.4. The van der Waals surface area contributed by atoms with Gasteiger partial charge in [0.2, 0.25) is 0 Å². The summed E-state index contributed by atoms with van der Waals surface area (Å²) in [6.07, 6.45) is 0.887. The van der Waals surface area contributed by atoms with Crippen molar-refractivity contribution in [1.29, 1.82) is 0 Å². The van der Waals surface area contributed by atoms with Gasteiger partial charge in [-0.3, -0.25) is 0 Å². The van der Waals surface area contributed by atoms with E-state index in [0.29, 0.717) is 32.5 Å². The summed E-state index contributed by atoms with van der Waals surface area (Å²) in [5, 5.41) is 3.21. The van der Waals surface area contributed by atoms with E-state index in [1.54, 1.807) is 7.11 Å². The Labute approximate surface area is 116 Å². The minimum atomic E-state index is 0.364. The number of nitrogens with one attached hydrogen (secondary N) is 1. The Morgan fingerprint density at radius 3 is 2.42 bits per heavy atom. The highest BCUT2D eigenvalue weighted by molar-refractivity contribution is 5.28. The van der Waals surface area contributed by atoms with Crippen LogP contribution in [0.1, 0.15) is 24.9 Å². The maximum Gasteiger partial charge on any atom is 0.119 e. The van der Waals surface area contributed by atoms with Crippen molar-refractivity contribution in [3.8, 4) is 5.75 Å². The zero-order chi connectivity index (χ0) is 13.9. The van der Waals surface area contributed by atoms with Crippen LogP contribution in [0.3, 0.4) is 0 Å². The molecule has 0 fully saturated rings. The predicted molar refractivity (Wildman–Crippen MR) is 76.7 cm³/mol. The molecule has 0 amide bonds. The van der Waals surface area contributed by atoms with Crippen LogP contribution in [0.15, 0.2) is 24.3 Å². The molecule has 1 aromatic carbocycles. The molecule has 0 aliphatic carbocycles. The number of rotatable bonds is 10. The first-order valence-corrected chi connectivity index (χ1v) is 6.74. The molecule has 1 unspecified atom stereocenters. The van der Waals surface area contributed by atoms with Crippen LogP contribution >= 0.6 is 0 Å². The summed E-state index contributed by atoms with van der Waals surface area (Å²) in [7, 11) is 3.63. The Bertz CT molecular complexity index is 327. The van der Waals surface area contributed by atoms with Gasteiger partial charge in [0.1, 0.15) is 5.75 Å². The molecule has 4 nitrogen and oxygen atoms in total. The van der Waals surface area contributed by atoms with Crippen molar-refractivity contribution < 1.29 is 14.2 Å². The Kier molecular flexibility index (Phi) is 8.21.